The van der Waals surface area contributed by atoms with Gasteiger partial charge in [-0.25, -0.2) is 8.42 Å². The Labute approximate surface area is 183 Å². The second-order valence-electron chi connectivity index (χ2n) is 7.88. The SMILES string of the molecule is Cc1cccc(CNC(=O)c2ccc(-c3ccc(S(=O)(=O)N4CCCC4)cc3)cc2)c1. The van der Waals surface area contributed by atoms with Crippen molar-refractivity contribution in [3.05, 3.63) is 89.5 Å². The van der Waals surface area contributed by atoms with Crippen molar-refractivity contribution in [1.29, 1.82) is 0 Å². The fourth-order valence-corrected chi connectivity index (χ4v) is 5.33. The lowest BCUT2D eigenvalue weighted by atomic mass is 10.0. The number of nitrogens with zero attached hydrogens (tertiary/aromatic N) is 1. The summed E-state index contributed by atoms with van der Waals surface area (Å²) in [6, 6.07) is 22.3. The Hall–Kier alpha value is -2.96. The topological polar surface area (TPSA) is 66.5 Å². The molecular weight excluding hydrogens is 408 g/mol. The Kier molecular flexibility index (Phi) is 6.20. The largest absolute Gasteiger partial charge is 0.348 e. The molecule has 160 valence electrons. The lowest BCUT2D eigenvalue weighted by molar-refractivity contribution is 0.0951. The van der Waals surface area contributed by atoms with Gasteiger partial charge in [-0.2, -0.15) is 4.31 Å². The van der Waals surface area contributed by atoms with Crippen LogP contribution < -0.4 is 5.32 Å². The molecule has 0 radical (unpaired) electrons. The Morgan fingerprint density at radius 1 is 0.903 bits per heavy atom. The van der Waals surface area contributed by atoms with Crippen molar-refractivity contribution in [3.8, 4) is 11.1 Å². The van der Waals surface area contributed by atoms with Gasteiger partial charge in [0.15, 0.2) is 0 Å². The van der Waals surface area contributed by atoms with Crippen molar-refractivity contribution < 1.29 is 13.2 Å². The predicted octanol–water partition coefficient (Wildman–Crippen LogP) is 4.38. The lowest BCUT2D eigenvalue weighted by Crippen LogP contribution is -2.27. The van der Waals surface area contributed by atoms with Crippen LogP contribution in [0.25, 0.3) is 11.1 Å². The third-order valence-corrected chi connectivity index (χ3v) is 7.49. The van der Waals surface area contributed by atoms with Gasteiger partial charge in [0.25, 0.3) is 5.91 Å². The molecule has 0 bridgehead atoms. The number of hydrogen-bond acceptors (Lipinski definition) is 3. The summed E-state index contributed by atoms with van der Waals surface area (Å²) in [4.78, 5) is 12.8. The minimum atomic E-state index is -3.41. The first-order valence-corrected chi connectivity index (χ1v) is 11.9. The van der Waals surface area contributed by atoms with Gasteiger partial charge in [0.05, 0.1) is 4.90 Å². The molecule has 1 aliphatic heterocycles. The maximum absolute atomic E-state index is 12.7. The van der Waals surface area contributed by atoms with Gasteiger partial charge >= 0.3 is 0 Å². The van der Waals surface area contributed by atoms with Crippen LogP contribution in [0, 0.1) is 6.92 Å². The summed E-state index contributed by atoms with van der Waals surface area (Å²) in [6.45, 7) is 3.70. The quantitative estimate of drug-likeness (QED) is 0.626. The van der Waals surface area contributed by atoms with Crippen LogP contribution in [-0.4, -0.2) is 31.7 Å². The molecule has 0 aliphatic carbocycles. The predicted molar refractivity (Wildman–Crippen MR) is 122 cm³/mol. The molecule has 0 atom stereocenters. The van der Waals surface area contributed by atoms with Crippen molar-refractivity contribution in [2.75, 3.05) is 13.1 Å². The highest BCUT2D eigenvalue weighted by molar-refractivity contribution is 7.89. The number of benzene rings is 3. The van der Waals surface area contributed by atoms with E-state index in [0.29, 0.717) is 30.1 Å². The van der Waals surface area contributed by atoms with E-state index in [1.165, 1.54) is 0 Å². The average molecular weight is 435 g/mol. The van der Waals surface area contributed by atoms with Gasteiger partial charge in [-0.3, -0.25) is 4.79 Å². The van der Waals surface area contributed by atoms with Crippen LogP contribution in [0.4, 0.5) is 0 Å². The van der Waals surface area contributed by atoms with Crippen molar-refractivity contribution in [3.63, 3.8) is 0 Å². The fraction of sp³-hybridized carbons (Fsp3) is 0.240. The first-order chi connectivity index (χ1) is 14.9. The number of aryl methyl sites for hydroxylation is 1. The van der Waals surface area contributed by atoms with Gasteiger partial charge in [-0.15, -0.1) is 0 Å². The van der Waals surface area contributed by atoms with Crippen molar-refractivity contribution in [2.45, 2.75) is 31.2 Å². The maximum atomic E-state index is 12.7. The van der Waals surface area contributed by atoms with E-state index in [4.69, 9.17) is 0 Å². The molecular formula is C25H26N2O3S. The molecule has 1 amide bonds. The Bertz CT molecular complexity index is 1160. The smallest absolute Gasteiger partial charge is 0.251 e. The van der Waals surface area contributed by atoms with E-state index in [9.17, 15) is 13.2 Å². The fourth-order valence-electron chi connectivity index (χ4n) is 3.82. The van der Waals surface area contributed by atoms with E-state index in [-0.39, 0.29) is 5.91 Å². The summed E-state index contributed by atoms with van der Waals surface area (Å²) in [5, 5.41) is 2.94. The van der Waals surface area contributed by atoms with E-state index < -0.39 is 10.0 Å². The van der Waals surface area contributed by atoms with Gasteiger partial charge in [-0.05, 0) is 60.7 Å². The summed E-state index contributed by atoms with van der Waals surface area (Å²) < 4.78 is 26.9. The highest BCUT2D eigenvalue weighted by atomic mass is 32.2. The van der Waals surface area contributed by atoms with E-state index in [1.807, 2.05) is 49.4 Å². The third kappa shape index (κ3) is 4.86. The van der Waals surface area contributed by atoms with Gasteiger partial charge in [0.2, 0.25) is 10.0 Å². The maximum Gasteiger partial charge on any atom is 0.251 e. The van der Waals surface area contributed by atoms with Gasteiger partial charge in [-0.1, -0.05) is 54.1 Å². The normalized spacial score (nSPS) is 14.5. The van der Waals surface area contributed by atoms with Crippen LogP contribution in [0.1, 0.15) is 34.3 Å². The molecule has 1 N–H and O–H groups in total. The zero-order valence-corrected chi connectivity index (χ0v) is 18.4. The van der Waals surface area contributed by atoms with Gasteiger partial charge < -0.3 is 5.32 Å². The number of rotatable bonds is 6. The summed E-state index contributed by atoms with van der Waals surface area (Å²) >= 11 is 0. The van der Waals surface area contributed by atoms with Crippen LogP contribution in [0.2, 0.25) is 0 Å². The molecule has 5 nitrogen and oxygen atoms in total. The monoisotopic (exact) mass is 434 g/mol. The van der Waals surface area contributed by atoms with Crippen LogP contribution in [0.15, 0.2) is 77.7 Å². The van der Waals surface area contributed by atoms with Gasteiger partial charge in [0, 0.05) is 25.2 Å². The molecule has 3 aromatic carbocycles. The van der Waals surface area contributed by atoms with E-state index in [1.54, 1.807) is 28.6 Å². The molecule has 3 aromatic rings. The Morgan fingerprint density at radius 3 is 2.13 bits per heavy atom. The molecule has 6 heteroatoms. The first-order valence-electron chi connectivity index (χ1n) is 10.5. The van der Waals surface area contributed by atoms with E-state index in [0.717, 1.165) is 35.1 Å². The van der Waals surface area contributed by atoms with Crippen LogP contribution in [0.5, 0.6) is 0 Å². The Morgan fingerprint density at radius 2 is 1.52 bits per heavy atom. The lowest BCUT2D eigenvalue weighted by Gasteiger charge is -2.15. The number of nitrogens with one attached hydrogen (secondary N) is 1. The summed E-state index contributed by atoms with van der Waals surface area (Å²) in [7, 11) is -3.41. The molecule has 0 saturated carbocycles. The first kappa shape index (κ1) is 21.3. The molecule has 31 heavy (non-hydrogen) atoms. The van der Waals surface area contributed by atoms with Crippen molar-refractivity contribution >= 4 is 15.9 Å². The minimum Gasteiger partial charge on any atom is -0.348 e. The van der Waals surface area contributed by atoms with Crippen molar-refractivity contribution in [1.82, 2.24) is 9.62 Å². The third-order valence-electron chi connectivity index (χ3n) is 5.57. The van der Waals surface area contributed by atoms with Crippen molar-refractivity contribution in [2.24, 2.45) is 0 Å². The summed E-state index contributed by atoms with van der Waals surface area (Å²) in [5.41, 5.74) is 4.65. The molecule has 0 spiro atoms. The zero-order chi connectivity index (χ0) is 21.8. The molecule has 1 heterocycles. The number of hydrogen-bond donors (Lipinski definition) is 1. The summed E-state index contributed by atoms with van der Waals surface area (Å²) in [6.07, 6.45) is 1.84. The second kappa shape index (κ2) is 9.04. The number of carbonyl (C=O) groups is 1. The van der Waals surface area contributed by atoms with Crippen LogP contribution in [-0.2, 0) is 16.6 Å². The number of amides is 1. The molecule has 4 rings (SSSR count). The molecule has 1 aliphatic rings. The highest BCUT2D eigenvalue weighted by Gasteiger charge is 2.26. The van der Waals surface area contributed by atoms with Gasteiger partial charge in [0.1, 0.15) is 0 Å². The molecule has 0 unspecified atom stereocenters. The molecule has 1 saturated heterocycles. The Balaban J connectivity index is 1.42. The highest BCUT2D eigenvalue weighted by Crippen LogP contribution is 2.25. The standard InChI is InChI=1S/C25H26N2O3S/c1-19-5-4-6-20(17-19)18-26-25(28)23-9-7-21(8-10-23)22-11-13-24(14-12-22)31(29,30)27-15-2-3-16-27/h4-14,17H,2-3,15-16,18H2,1H3,(H,26,28). The average Bonchev–Trinajstić information content (AvgIpc) is 3.34. The number of carbonyl (C=O) groups excluding carboxylic acids is 1. The van der Waals surface area contributed by atoms with E-state index in [2.05, 4.69) is 11.4 Å². The number of sulfonamides is 1. The zero-order valence-electron chi connectivity index (χ0n) is 17.5. The molecule has 1 fully saturated rings. The summed E-state index contributed by atoms with van der Waals surface area (Å²) in [5.74, 6) is -0.125. The minimum absolute atomic E-state index is 0.125. The van der Waals surface area contributed by atoms with E-state index >= 15 is 0 Å². The second-order valence-corrected chi connectivity index (χ2v) is 9.82. The molecule has 0 aromatic heterocycles. The van der Waals surface area contributed by atoms with Crippen LogP contribution >= 0.6 is 0 Å². The van der Waals surface area contributed by atoms with Crippen LogP contribution in [0.3, 0.4) is 0 Å².